The summed E-state index contributed by atoms with van der Waals surface area (Å²) < 4.78 is 14.9. The lowest BCUT2D eigenvalue weighted by molar-refractivity contribution is -0.0143. The molecule has 8 nitrogen and oxygen atoms in total. The maximum absolute atomic E-state index is 5.66. The molecular formula is C18H20N6O2. The Bertz CT molecular complexity index is 929. The molecule has 2 heterocycles. The van der Waals surface area contributed by atoms with E-state index >= 15 is 0 Å². The van der Waals surface area contributed by atoms with E-state index in [0.717, 1.165) is 22.1 Å². The second-order valence-corrected chi connectivity index (χ2v) is 6.00. The number of ether oxygens (including phenoxy) is 2. The number of hydrogen-bond donors (Lipinski definition) is 0. The molecule has 0 radical (unpaired) electrons. The lowest BCUT2D eigenvalue weighted by atomic mass is 10.2. The molecule has 0 amide bonds. The zero-order chi connectivity index (χ0) is 17.9. The molecular weight excluding hydrogens is 332 g/mol. The molecule has 0 aliphatic heterocycles. The molecule has 0 aliphatic rings. The third-order valence-electron chi connectivity index (χ3n) is 4.51. The highest BCUT2D eigenvalue weighted by atomic mass is 16.5. The van der Waals surface area contributed by atoms with Crippen LogP contribution in [0.4, 0.5) is 0 Å². The van der Waals surface area contributed by atoms with Gasteiger partial charge in [0.15, 0.2) is 12.5 Å². The first kappa shape index (κ1) is 16.6. The maximum Gasteiger partial charge on any atom is 0.152 e. The van der Waals surface area contributed by atoms with Gasteiger partial charge < -0.3 is 9.47 Å². The largest absolute Gasteiger partial charge is 0.360 e. The van der Waals surface area contributed by atoms with E-state index < -0.39 is 0 Å². The Balaban J connectivity index is 1.55. The van der Waals surface area contributed by atoms with Crippen molar-refractivity contribution in [1.82, 2.24) is 30.0 Å². The summed E-state index contributed by atoms with van der Waals surface area (Å²) >= 11 is 0. The zero-order valence-corrected chi connectivity index (χ0v) is 14.7. The minimum absolute atomic E-state index is 0.241. The summed E-state index contributed by atoms with van der Waals surface area (Å²) in [5.74, 6) is 0. The molecule has 2 aromatic carbocycles. The van der Waals surface area contributed by atoms with E-state index in [4.69, 9.17) is 9.47 Å². The molecule has 4 aromatic rings. The summed E-state index contributed by atoms with van der Waals surface area (Å²) in [4.78, 5) is 0. The fourth-order valence-corrected chi connectivity index (χ4v) is 3.16. The predicted octanol–water partition coefficient (Wildman–Crippen LogP) is 2.95. The molecule has 0 bridgehead atoms. The highest BCUT2D eigenvalue weighted by molar-refractivity contribution is 5.74. The van der Waals surface area contributed by atoms with Crippen LogP contribution in [0.5, 0.6) is 0 Å². The van der Waals surface area contributed by atoms with Crippen LogP contribution in [-0.2, 0) is 9.47 Å². The topological polar surface area (TPSA) is 79.9 Å². The average Bonchev–Trinajstić information content (AvgIpc) is 3.30. The number of para-hydroxylation sites is 2. The Labute approximate surface area is 150 Å². The van der Waals surface area contributed by atoms with Gasteiger partial charge in [0.05, 0.1) is 11.0 Å². The maximum atomic E-state index is 5.66. The first-order chi connectivity index (χ1) is 12.8. The third-order valence-corrected chi connectivity index (χ3v) is 4.51. The summed E-state index contributed by atoms with van der Waals surface area (Å²) in [5, 5.41) is 16.9. The molecule has 2 atom stereocenters. The van der Waals surface area contributed by atoms with Crippen LogP contribution in [0.2, 0.25) is 0 Å². The first-order valence-electron chi connectivity index (χ1n) is 8.47. The van der Waals surface area contributed by atoms with E-state index in [9.17, 15) is 0 Å². The van der Waals surface area contributed by atoms with Gasteiger partial charge in [-0.1, -0.05) is 34.7 Å². The van der Waals surface area contributed by atoms with Gasteiger partial charge in [0.25, 0.3) is 0 Å². The van der Waals surface area contributed by atoms with E-state index in [0.29, 0.717) is 12.8 Å². The smallest absolute Gasteiger partial charge is 0.152 e. The van der Waals surface area contributed by atoms with Gasteiger partial charge >= 0.3 is 0 Å². The number of hydrogen-bond acceptors (Lipinski definition) is 6. The number of nitrogens with zero attached hydrogens (tertiary/aromatic N) is 6. The molecule has 2 unspecified atom stereocenters. The summed E-state index contributed by atoms with van der Waals surface area (Å²) in [7, 11) is 3.35. The number of rotatable bonds is 7. The van der Waals surface area contributed by atoms with Crippen LogP contribution < -0.4 is 0 Å². The number of fused-ring (bicyclic) bond motifs is 2. The molecule has 8 heteroatoms. The van der Waals surface area contributed by atoms with Crippen LogP contribution in [0.3, 0.4) is 0 Å². The lowest BCUT2D eigenvalue weighted by Crippen LogP contribution is -2.18. The van der Waals surface area contributed by atoms with Gasteiger partial charge in [-0.05, 0) is 37.1 Å². The van der Waals surface area contributed by atoms with Gasteiger partial charge in [0.2, 0.25) is 0 Å². The molecule has 0 fully saturated rings. The van der Waals surface area contributed by atoms with E-state index in [-0.39, 0.29) is 12.5 Å². The SMILES string of the molecule is COC(CCC(OC)n1nnc2ccccc21)n1nnc2ccccc21. The van der Waals surface area contributed by atoms with Gasteiger partial charge in [0.1, 0.15) is 11.0 Å². The Hall–Kier alpha value is -2.84. The van der Waals surface area contributed by atoms with E-state index in [1.807, 2.05) is 57.9 Å². The van der Waals surface area contributed by atoms with Gasteiger partial charge in [-0.3, -0.25) is 0 Å². The van der Waals surface area contributed by atoms with Crippen LogP contribution >= 0.6 is 0 Å². The molecule has 134 valence electrons. The van der Waals surface area contributed by atoms with Crippen molar-refractivity contribution in [3.05, 3.63) is 48.5 Å². The lowest BCUT2D eigenvalue weighted by Gasteiger charge is -2.20. The Morgan fingerprint density at radius 2 is 1.15 bits per heavy atom. The van der Waals surface area contributed by atoms with Crippen LogP contribution in [0.25, 0.3) is 22.1 Å². The highest BCUT2D eigenvalue weighted by Crippen LogP contribution is 2.25. The second kappa shape index (κ2) is 7.19. The minimum atomic E-state index is -0.241. The van der Waals surface area contributed by atoms with Crippen molar-refractivity contribution in [2.24, 2.45) is 0 Å². The van der Waals surface area contributed by atoms with E-state index in [2.05, 4.69) is 20.6 Å². The average molecular weight is 352 g/mol. The van der Waals surface area contributed by atoms with Crippen LogP contribution in [0, 0.1) is 0 Å². The summed E-state index contributed by atoms with van der Waals surface area (Å²) in [6, 6.07) is 15.7. The standard InChI is InChI=1S/C18H20N6O2/c1-25-17(23-15-9-5-3-7-13(15)19-21-23)11-12-18(26-2)24-16-10-6-4-8-14(16)20-22-24/h3-10,17-18H,11-12H2,1-2H3. The predicted molar refractivity (Wildman–Crippen MR) is 96.4 cm³/mol. The molecule has 4 rings (SSSR count). The van der Waals surface area contributed by atoms with Crippen molar-refractivity contribution in [2.75, 3.05) is 14.2 Å². The number of aromatic nitrogens is 6. The van der Waals surface area contributed by atoms with Crippen molar-refractivity contribution in [3.8, 4) is 0 Å². The summed E-state index contributed by atoms with van der Waals surface area (Å²) in [6.45, 7) is 0. The molecule has 2 aromatic heterocycles. The van der Waals surface area contributed by atoms with Crippen molar-refractivity contribution < 1.29 is 9.47 Å². The molecule has 0 saturated heterocycles. The molecule has 0 N–H and O–H groups in total. The minimum Gasteiger partial charge on any atom is -0.360 e. The Kier molecular flexibility index (Phi) is 4.59. The van der Waals surface area contributed by atoms with Crippen molar-refractivity contribution in [1.29, 1.82) is 0 Å². The summed E-state index contributed by atoms with van der Waals surface area (Å²) in [6.07, 6.45) is 0.900. The van der Waals surface area contributed by atoms with Crippen molar-refractivity contribution >= 4 is 22.1 Å². The van der Waals surface area contributed by atoms with Gasteiger partial charge in [-0.15, -0.1) is 10.2 Å². The first-order valence-corrected chi connectivity index (χ1v) is 8.47. The zero-order valence-electron chi connectivity index (χ0n) is 14.7. The van der Waals surface area contributed by atoms with Gasteiger partial charge in [0, 0.05) is 14.2 Å². The number of methoxy groups -OCH3 is 2. The fraction of sp³-hybridized carbons (Fsp3) is 0.333. The van der Waals surface area contributed by atoms with Crippen LogP contribution in [-0.4, -0.2) is 44.2 Å². The Morgan fingerprint density at radius 3 is 1.58 bits per heavy atom. The molecule has 0 spiro atoms. The van der Waals surface area contributed by atoms with Gasteiger partial charge in [-0.25, -0.2) is 9.36 Å². The highest BCUT2D eigenvalue weighted by Gasteiger charge is 2.20. The van der Waals surface area contributed by atoms with Crippen molar-refractivity contribution in [2.45, 2.75) is 25.3 Å². The van der Waals surface area contributed by atoms with E-state index in [1.54, 1.807) is 14.2 Å². The third kappa shape index (κ3) is 2.93. The van der Waals surface area contributed by atoms with E-state index in [1.165, 1.54) is 0 Å². The normalized spacial score (nSPS) is 14.1. The van der Waals surface area contributed by atoms with Gasteiger partial charge in [-0.2, -0.15) is 0 Å². The Morgan fingerprint density at radius 1 is 0.731 bits per heavy atom. The fourth-order valence-electron chi connectivity index (χ4n) is 3.16. The monoisotopic (exact) mass is 352 g/mol. The molecule has 0 aliphatic carbocycles. The van der Waals surface area contributed by atoms with Crippen LogP contribution in [0.15, 0.2) is 48.5 Å². The van der Waals surface area contributed by atoms with Crippen molar-refractivity contribution in [3.63, 3.8) is 0 Å². The molecule has 26 heavy (non-hydrogen) atoms. The number of benzene rings is 2. The van der Waals surface area contributed by atoms with Crippen LogP contribution in [0.1, 0.15) is 25.3 Å². The quantitative estimate of drug-likeness (QED) is 0.509. The molecule has 0 saturated carbocycles. The summed E-state index contributed by atoms with van der Waals surface area (Å²) in [5.41, 5.74) is 3.58. The second-order valence-electron chi connectivity index (χ2n) is 6.00.